The molecule has 3 rings (SSSR count). The molecule has 1 amide bonds. The van der Waals surface area contributed by atoms with Gasteiger partial charge in [-0.25, -0.2) is 18.4 Å². The van der Waals surface area contributed by atoms with Crippen LogP contribution in [0.25, 0.3) is 10.2 Å². The Balaban J connectivity index is 1.84. The van der Waals surface area contributed by atoms with Gasteiger partial charge in [0.05, 0.1) is 20.1 Å². The Hall–Kier alpha value is -2.36. The van der Waals surface area contributed by atoms with Crippen molar-refractivity contribution in [3.8, 4) is 0 Å². The van der Waals surface area contributed by atoms with E-state index in [-0.39, 0.29) is 10.8 Å². The van der Waals surface area contributed by atoms with Crippen molar-refractivity contribution in [1.29, 1.82) is 0 Å². The van der Waals surface area contributed by atoms with E-state index in [0.29, 0.717) is 5.82 Å². The molecule has 2 aromatic heterocycles. The maximum absolute atomic E-state index is 12.8. The van der Waals surface area contributed by atoms with Gasteiger partial charge < -0.3 is 5.32 Å². The second kappa shape index (κ2) is 7.71. The first-order chi connectivity index (χ1) is 12.8. The number of aryl methyl sites for hydroxylation is 1. The number of amides is 1. The van der Waals surface area contributed by atoms with Crippen LogP contribution < -0.4 is 10.0 Å². The molecule has 0 aliphatic rings. The molecule has 9 heteroatoms. The van der Waals surface area contributed by atoms with Gasteiger partial charge in [-0.05, 0) is 43.2 Å². The second-order valence-corrected chi connectivity index (χ2v) is 9.36. The number of carbonyl (C=O) groups is 1. The zero-order chi connectivity index (χ0) is 19.6. The Labute approximate surface area is 161 Å². The lowest BCUT2D eigenvalue weighted by Crippen LogP contribution is -2.47. The van der Waals surface area contributed by atoms with Crippen LogP contribution in [-0.2, 0) is 14.8 Å². The summed E-state index contributed by atoms with van der Waals surface area (Å²) in [5.74, 6) is -0.339. The molecule has 1 unspecified atom stereocenters. The molecule has 3 aromatic rings. The fraction of sp³-hybridized carbons (Fsp3) is 0.278. The lowest BCUT2D eigenvalue weighted by atomic mass is 10.1. The molecule has 2 heterocycles. The molecular weight excluding hydrogens is 384 g/mol. The van der Waals surface area contributed by atoms with Crippen molar-refractivity contribution in [3.63, 3.8) is 0 Å². The minimum atomic E-state index is -3.88. The van der Waals surface area contributed by atoms with E-state index >= 15 is 0 Å². The largest absolute Gasteiger partial charge is 0.309 e. The number of nitrogens with one attached hydrogen (secondary N) is 2. The summed E-state index contributed by atoms with van der Waals surface area (Å²) in [6.07, 6.45) is 1.55. The van der Waals surface area contributed by atoms with Crippen LogP contribution in [-0.4, -0.2) is 30.3 Å². The molecule has 7 nitrogen and oxygen atoms in total. The summed E-state index contributed by atoms with van der Waals surface area (Å²) in [5, 5.41) is 3.51. The third-order valence-corrected chi connectivity index (χ3v) is 6.30. The van der Waals surface area contributed by atoms with Crippen molar-refractivity contribution in [3.05, 3.63) is 47.6 Å². The van der Waals surface area contributed by atoms with Gasteiger partial charge in [0.15, 0.2) is 0 Å². The van der Waals surface area contributed by atoms with E-state index in [0.717, 1.165) is 15.2 Å². The number of fused-ring (bicyclic) bond motifs is 1. The van der Waals surface area contributed by atoms with Crippen LogP contribution in [0.1, 0.15) is 18.9 Å². The lowest BCUT2D eigenvalue weighted by Gasteiger charge is -2.21. The maximum atomic E-state index is 12.8. The number of hydrogen-bond acceptors (Lipinski definition) is 6. The average Bonchev–Trinajstić information content (AvgIpc) is 2.99. The average molecular weight is 405 g/mol. The highest BCUT2D eigenvalue weighted by Gasteiger charge is 2.29. The summed E-state index contributed by atoms with van der Waals surface area (Å²) >= 11 is 1.42. The Morgan fingerprint density at radius 3 is 2.63 bits per heavy atom. The topological polar surface area (TPSA) is 101 Å². The Morgan fingerprint density at radius 1 is 1.19 bits per heavy atom. The van der Waals surface area contributed by atoms with Gasteiger partial charge in [-0.2, -0.15) is 4.72 Å². The number of sulfonamides is 1. The van der Waals surface area contributed by atoms with Crippen molar-refractivity contribution < 1.29 is 13.2 Å². The van der Waals surface area contributed by atoms with E-state index in [1.54, 1.807) is 50.4 Å². The number of nitrogens with zero attached hydrogens (tertiary/aromatic N) is 2. The minimum Gasteiger partial charge on any atom is -0.309 e. The summed E-state index contributed by atoms with van der Waals surface area (Å²) in [4.78, 5) is 21.1. The SMILES string of the molecule is Cc1nc2ccc(S(=O)(=O)NC(C(=O)Nc3ccccn3)C(C)C)cc2s1. The molecule has 27 heavy (non-hydrogen) atoms. The first-order valence-corrected chi connectivity index (χ1v) is 10.7. The van der Waals surface area contributed by atoms with Gasteiger partial charge in [0.25, 0.3) is 0 Å². The molecule has 142 valence electrons. The highest BCUT2D eigenvalue weighted by molar-refractivity contribution is 7.89. The van der Waals surface area contributed by atoms with Crippen LogP contribution in [0.2, 0.25) is 0 Å². The van der Waals surface area contributed by atoms with Gasteiger partial charge in [0.2, 0.25) is 15.9 Å². The first kappa shape index (κ1) is 19.4. The van der Waals surface area contributed by atoms with Crippen molar-refractivity contribution in [2.75, 3.05) is 5.32 Å². The van der Waals surface area contributed by atoms with Crippen LogP contribution in [0, 0.1) is 12.8 Å². The van der Waals surface area contributed by atoms with Crippen LogP contribution >= 0.6 is 11.3 Å². The number of carbonyl (C=O) groups excluding carboxylic acids is 1. The van der Waals surface area contributed by atoms with Crippen LogP contribution in [0.15, 0.2) is 47.5 Å². The number of hydrogen-bond donors (Lipinski definition) is 2. The second-order valence-electron chi connectivity index (χ2n) is 6.41. The van der Waals surface area contributed by atoms with E-state index in [2.05, 4.69) is 20.0 Å². The summed E-state index contributed by atoms with van der Waals surface area (Å²) < 4.78 is 29.0. The van der Waals surface area contributed by atoms with E-state index in [1.165, 1.54) is 17.4 Å². The number of anilines is 1. The number of thiazole rings is 1. The molecule has 2 N–H and O–H groups in total. The smallest absolute Gasteiger partial charge is 0.243 e. The van der Waals surface area contributed by atoms with Gasteiger partial charge >= 0.3 is 0 Å². The number of aromatic nitrogens is 2. The Bertz CT molecular complexity index is 1060. The van der Waals surface area contributed by atoms with E-state index in [1.807, 2.05) is 6.92 Å². The van der Waals surface area contributed by atoms with Crippen LogP contribution in [0.5, 0.6) is 0 Å². The summed E-state index contributed by atoms with van der Waals surface area (Å²) in [6, 6.07) is 8.93. The minimum absolute atomic E-state index is 0.106. The summed E-state index contributed by atoms with van der Waals surface area (Å²) in [7, 11) is -3.88. The number of pyridine rings is 1. The van der Waals surface area contributed by atoms with Crippen molar-refractivity contribution >= 4 is 43.3 Å². The van der Waals surface area contributed by atoms with Crippen LogP contribution in [0.3, 0.4) is 0 Å². The van der Waals surface area contributed by atoms with E-state index in [9.17, 15) is 13.2 Å². The molecule has 1 atom stereocenters. The standard InChI is InChI=1S/C18H20N4O3S2/c1-11(2)17(18(23)21-16-6-4-5-9-19-16)22-27(24,25)13-7-8-14-15(10-13)26-12(3)20-14/h4-11,17,22H,1-3H3,(H,19,21,23). The van der Waals surface area contributed by atoms with Crippen molar-refractivity contribution in [2.24, 2.45) is 5.92 Å². The fourth-order valence-corrected chi connectivity index (χ4v) is 4.87. The van der Waals surface area contributed by atoms with Crippen molar-refractivity contribution in [2.45, 2.75) is 31.7 Å². The fourth-order valence-electron chi connectivity index (χ4n) is 2.56. The normalized spacial score (nSPS) is 13.0. The zero-order valence-corrected chi connectivity index (χ0v) is 16.8. The van der Waals surface area contributed by atoms with Gasteiger partial charge in [-0.15, -0.1) is 11.3 Å². The third kappa shape index (κ3) is 4.49. The van der Waals surface area contributed by atoms with E-state index in [4.69, 9.17) is 0 Å². The van der Waals surface area contributed by atoms with Crippen molar-refractivity contribution in [1.82, 2.24) is 14.7 Å². The predicted molar refractivity (Wildman–Crippen MR) is 106 cm³/mol. The molecule has 1 aromatic carbocycles. The molecule has 0 fully saturated rings. The van der Waals surface area contributed by atoms with Crippen LogP contribution in [0.4, 0.5) is 5.82 Å². The summed E-state index contributed by atoms with van der Waals surface area (Å²) in [6.45, 7) is 5.43. The molecule has 0 aliphatic carbocycles. The summed E-state index contributed by atoms with van der Waals surface area (Å²) in [5.41, 5.74) is 0.754. The molecule has 0 saturated heterocycles. The lowest BCUT2D eigenvalue weighted by molar-refractivity contribution is -0.118. The number of benzene rings is 1. The van der Waals surface area contributed by atoms with Gasteiger partial charge in [0, 0.05) is 6.20 Å². The van der Waals surface area contributed by atoms with E-state index < -0.39 is 22.0 Å². The molecule has 0 saturated carbocycles. The molecule has 0 aliphatic heterocycles. The molecule has 0 radical (unpaired) electrons. The highest BCUT2D eigenvalue weighted by atomic mass is 32.2. The maximum Gasteiger partial charge on any atom is 0.243 e. The third-order valence-electron chi connectivity index (χ3n) is 3.92. The number of rotatable bonds is 6. The molecule has 0 bridgehead atoms. The zero-order valence-electron chi connectivity index (χ0n) is 15.1. The highest BCUT2D eigenvalue weighted by Crippen LogP contribution is 2.25. The monoisotopic (exact) mass is 404 g/mol. The Kier molecular flexibility index (Phi) is 5.54. The van der Waals surface area contributed by atoms with Gasteiger partial charge in [-0.3, -0.25) is 4.79 Å². The predicted octanol–water partition coefficient (Wildman–Crippen LogP) is 2.94. The quantitative estimate of drug-likeness (QED) is 0.658. The molecule has 0 spiro atoms. The van der Waals surface area contributed by atoms with Gasteiger partial charge in [0.1, 0.15) is 11.9 Å². The van der Waals surface area contributed by atoms with Gasteiger partial charge in [-0.1, -0.05) is 19.9 Å². The Morgan fingerprint density at radius 2 is 1.96 bits per heavy atom. The first-order valence-electron chi connectivity index (χ1n) is 8.38. The molecular formula is C18H20N4O3S2.